The third kappa shape index (κ3) is 1.61. The summed E-state index contributed by atoms with van der Waals surface area (Å²) in [5.41, 5.74) is 0.193. The first-order valence-electron chi connectivity index (χ1n) is 4.66. The first kappa shape index (κ1) is 10.2. The quantitative estimate of drug-likeness (QED) is 0.717. The number of rotatable bonds is 1. The van der Waals surface area contributed by atoms with E-state index in [0.717, 1.165) is 0 Å². The Labute approximate surface area is 91.6 Å². The summed E-state index contributed by atoms with van der Waals surface area (Å²) in [6.45, 7) is 1.79. The van der Waals surface area contributed by atoms with E-state index < -0.39 is 5.69 Å². The van der Waals surface area contributed by atoms with E-state index in [-0.39, 0.29) is 0 Å². The Bertz CT molecular complexity index is 631. The number of hydrogen-bond acceptors (Lipinski definition) is 4. The Morgan fingerprint density at radius 1 is 1.50 bits per heavy atom. The van der Waals surface area contributed by atoms with Crippen LogP contribution in [0.3, 0.4) is 0 Å². The highest BCUT2D eigenvalue weighted by molar-refractivity contribution is 5.60. The molecule has 0 atom stereocenters. The van der Waals surface area contributed by atoms with Crippen LogP contribution in [0.25, 0.3) is 11.5 Å². The maximum atomic E-state index is 11.4. The molecule has 0 saturated carbocycles. The van der Waals surface area contributed by atoms with E-state index in [1.54, 1.807) is 26.1 Å². The molecule has 2 rings (SSSR count). The summed E-state index contributed by atoms with van der Waals surface area (Å²) in [5, 5.41) is 8.95. The Kier molecular flexibility index (Phi) is 2.33. The van der Waals surface area contributed by atoms with Crippen molar-refractivity contribution < 1.29 is 4.42 Å². The van der Waals surface area contributed by atoms with Gasteiger partial charge in [-0.25, -0.2) is 4.79 Å². The molecule has 0 spiro atoms. The molecule has 5 heteroatoms. The smallest absolute Gasteiger partial charge is 0.348 e. The van der Waals surface area contributed by atoms with Crippen LogP contribution in [-0.2, 0) is 7.05 Å². The van der Waals surface area contributed by atoms with Crippen LogP contribution in [0.1, 0.15) is 11.3 Å². The molecule has 16 heavy (non-hydrogen) atoms. The second-order valence-electron chi connectivity index (χ2n) is 3.42. The summed E-state index contributed by atoms with van der Waals surface area (Å²) in [4.78, 5) is 15.2. The zero-order valence-corrected chi connectivity index (χ0v) is 8.89. The second kappa shape index (κ2) is 3.66. The maximum absolute atomic E-state index is 11.4. The number of aromatic nitrogens is 2. The van der Waals surface area contributed by atoms with E-state index in [0.29, 0.717) is 22.8 Å². The summed E-state index contributed by atoms with van der Waals surface area (Å²) in [7, 11) is 1.55. The van der Waals surface area contributed by atoms with E-state index in [1.165, 1.54) is 10.8 Å². The third-order valence-corrected chi connectivity index (χ3v) is 2.18. The molecule has 0 fully saturated rings. The van der Waals surface area contributed by atoms with Gasteiger partial charge in [0.1, 0.15) is 17.5 Å². The minimum atomic E-state index is -0.414. The Morgan fingerprint density at radius 3 is 2.81 bits per heavy atom. The minimum absolute atomic E-state index is 0.290. The van der Waals surface area contributed by atoms with Crippen molar-refractivity contribution in [2.75, 3.05) is 0 Å². The SMILES string of the molecule is Cc1ccc(-c2nc(=O)n(C)cc2C#N)o1. The highest BCUT2D eigenvalue weighted by Gasteiger charge is 2.12. The molecule has 0 aromatic carbocycles. The van der Waals surface area contributed by atoms with Gasteiger partial charge in [-0.15, -0.1) is 0 Å². The fraction of sp³-hybridized carbons (Fsp3) is 0.182. The van der Waals surface area contributed by atoms with Crippen molar-refractivity contribution in [2.24, 2.45) is 7.05 Å². The Balaban J connectivity index is 2.70. The van der Waals surface area contributed by atoms with Gasteiger partial charge < -0.3 is 8.98 Å². The lowest BCUT2D eigenvalue weighted by molar-refractivity contribution is 0.545. The molecule has 0 aliphatic carbocycles. The normalized spacial score (nSPS) is 10.1. The van der Waals surface area contributed by atoms with Gasteiger partial charge in [-0.3, -0.25) is 0 Å². The van der Waals surface area contributed by atoms with Gasteiger partial charge >= 0.3 is 5.69 Å². The molecule has 2 aromatic heterocycles. The summed E-state index contributed by atoms with van der Waals surface area (Å²) < 4.78 is 6.61. The number of hydrogen-bond donors (Lipinski definition) is 0. The minimum Gasteiger partial charge on any atom is -0.460 e. The number of nitrogens with zero attached hydrogens (tertiary/aromatic N) is 3. The lowest BCUT2D eigenvalue weighted by Crippen LogP contribution is -2.20. The molecule has 0 radical (unpaired) electrons. The van der Waals surface area contributed by atoms with E-state index in [9.17, 15) is 4.79 Å². The first-order valence-corrected chi connectivity index (χ1v) is 4.66. The predicted octanol–water partition coefficient (Wildman–Crippen LogP) is 1.22. The summed E-state index contributed by atoms with van der Waals surface area (Å²) in [5.74, 6) is 1.15. The molecule has 0 saturated heterocycles. The van der Waals surface area contributed by atoms with Gasteiger partial charge in [0.05, 0.1) is 5.56 Å². The lowest BCUT2D eigenvalue weighted by atomic mass is 10.2. The average Bonchev–Trinajstić information content (AvgIpc) is 2.68. The number of aryl methyl sites for hydroxylation is 2. The van der Waals surface area contributed by atoms with E-state index in [2.05, 4.69) is 4.98 Å². The zero-order chi connectivity index (χ0) is 11.7. The van der Waals surface area contributed by atoms with Crippen LogP contribution in [0.15, 0.2) is 27.5 Å². The summed E-state index contributed by atoms with van der Waals surface area (Å²) in [6, 6.07) is 5.44. The highest BCUT2D eigenvalue weighted by Crippen LogP contribution is 2.21. The molecule has 0 bridgehead atoms. The molecule has 5 nitrogen and oxygen atoms in total. The average molecular weight is 215 g/mol. The van der Waals surface area contributed by atoms with Crippen molar-refractivity contribution >= 4 is 0 Å². The van der Waals surface area contributed by atoms with Gasteiger partial charge in [0, 0.05) is 13.2 Å². The van der Waals surface area contributed by atoms with E-state index in [1.807, 2.05) is 6.07 Å². The molecular weight excluding hydrogens is 206 g/mol. The monoisotopic (exact) mass is 215 g/mol. The van der Waals surface area contributed by atoms with Gasteiger partial charge in [-0.1, -0.05) is 0 Å². The number of furan rings is 1. The van der Waals surface area contributed by atoms with Crippen LogP contribution < -0.4 is 5.69 Å². The first-order chi connectivity index (χ1) is 7.61. The van der Waals surface area contributed by atoms with Gasteiger partial charge in [0.25, 0.3) is 0 Å². The second-order valence-corrected chi connectivity index (χ2v) is 3.42. The molecule has 0 aliphatic heterocycles. The van der Waals surface area contributed by atoms with E-state index in [4.69, 9.17) is 9.68 Å². The van der Waals surface area contributed by atoms with Crippen LogP contribution in [0, 0.1) is 18.3 Å². The van der Waals surface area contributed by atoms with Gasteiger partial charge in [0.15, 0.2) is 5.76 Å². The third-order valence-electron chi connectivity index (χ3n) is 2.18. The molecule has 2 heterocycles. The zero-order valence-electron chi connectivity index (χ0n) is 8.89. The Morgan fingerprint density at radius 2 is 2.25 bits per heavy atom. The lowest BCUT2D eigenvalue weighted by Gasteiger charge is -2.01. The van der Waals surface area contributed by atoms with Crippen LogP contribution in [0.5, 0.6) is 0 Å². The molecule has 2 aromatic rings. The van der Waals surface area contributed by atoms with Crippen LogP contribution in [0.4, 0.5) is 0 Å². The van der Waals surface area contributed by atoms with Crippen LogP contribution in [-0.4, -0.2) is 9.55 Å². The Hall–Kier alpha value is -2.35. The van der Waals surface area contributed by atoms with Gasteiger partial charge in [-0.2, -0.15) is 10.2 Å². The fourth-order valence-electron chi connectivity index (χ4n) is 1.38. The molecule has 80 valence electrons. The molecule has 0 N–H and O–H groups in total. The van der Waals surface area contributed by atoms with Gasteiger partial charge in [0.2, 0.25) is 0 Å². The fourth-order valence-corrected chi connectivity index (χ4v) is 1.38. The standard InChI is InChI=1S/C11H9N3O2/c1-7-3-4-9(16-7)10-8(5-12)6-14(2)11(15)13-10/h3-4,6H,1-2H3. The van der Waals surface area contributed by atoms with Crippen molar-refractivity contribution in [1.82, 2.24) is 9.55 Å². The molecular formula is C11H9N3O2. The topological polar surface area (TPSA) is 71.8 Å². The largest absolute Gasteiger partial charge is 0.460 e. The molecule has 0 aliphatic rings. The van der Waals surface area contributed by atoms with E-state index >= 15 is 0 Å². The van der Waals surface area contributed by atoms with Crippen molar-refractivity contribution in [3.8, 4) is 17.5 Å². The van der Waals surface area contributed by atoms with Gasteiger partial charge in [-0.05, 0) is 19.1 Å². The maximum Gasteiger partial charge on any atom is 0.348 e. The molecule has 0 amide bonds. The van der Waals surface area contributed by atoms with Crippen molar-refractivity contribution in [3.05, 3.63) is 40.1 Å². The van der Waals surface area contributed by atoms with Crippen LogP contribution in [0.2, 0.25) is 0 Å². The predicted molar refractivity (Wildman–Crippen MR) is 56.6 cm³/mol. The van der Waals surface area contributed by atoms with Crippen molar-refractivity contribution in [3.63, 3.8) is 0 Å². The highest BCUT2D eigenvalue weighted by atomic mass is 16.3. The van der Waals surface area contributed by atoms with Crippen molar-refractivity contribution in [1.29, 1.82) is 5.26 Å². The summed E-state index contributed by atoms with van der Waals surface area (Å²) in [6.07, 6.45) is 1.45. The molecule has 0 unspecified atom stereocenters. The van der Waals surface area contributed by atoms with Crippen molar-refractivity contribution in [2.45, 2.75) is 6.92 Å². The summed E-state index contributed by atoms with van der Waals surface area (Å²) >= 11 is 0. The van der Waals surface area contributed by atoms with Crippen LogP contribution >= 0.6 is 0 Å². The number of nitriles is 1.